The van der Waals surface area contributed by atoms with E-state index in [0.717, 1.165) is 56.7 Å². The van der Waals surface area contributed by atoms with Gasteiger partial charge in [-0.3, -0.25) is 24.0 Å². The fraction of sp³-hybridized carbons (Fsp3) is 0.383. The molecule has 0 spiro atoms. The first-order chi connectivity index (χ1) is 45.3. The molecule has 1 fully saturated rings. The van der Waals surface area contributed by atoms with Crippen molar-refractivity contribution in [1.82, 2.24) is 66.1 Å². The molecule has 0 radical (unpaired) electrons. The number of fused-ring (bicyclic) bond motifs is 15. The van der Waals surface area contributed by atoms with Crippen molar-refractivity contribution in [2.24, 2.45) is 0 Å². The molecule has 11 heterocycles. The molecule has 10 atom stereocenters. The first-order valence-corrected chi connectivity index (χ1v) is 33.7. The number of allylic oxidation sites excluding steroid dienone is 1. The van der Waals surface area contributed by atoms with Gasteiger partial charge in [-0.05, 0) is 59.5 Å². The van der Waals surface area contributed by atoms with Gasteiger partial charge >= 0.3 is 11.9 Å². The predicted molar refractivity (Wildman–Crippen MR) is 342 cm³/mol. The quantitative estimate of drug-likeness (QED) is 0.0560. The molecule has 4 aliphatic heterocycles. The summed E-state index contributed by atoms with van der Waals surface area (Å²) in [6.45, 7) is 5.81. The Hall–Kier alpha value is -8.75. The standard InChI is InChI=1S/C60H61N13O17S5/c1-23(74)40-52(80)70-41(24(2)85-8)55-66-35(22-94-55)51(79)71-44-46-47(90-38-13-60(5,83)48(72(6)7)25(3)89-38)59(82)87-15-27-10-9-11-36-39(27)30(16-86-46)45(73(36)84)58(81)88-17-31(63-49(77)33-21-95-57(44)67-33)54-64-32(19-93-54)42-29(53-65-34(20-92-53)50(78)69-40)12-37(76)43(68-42)56-62-28(18-91-56)14-61-26(4)75/h9-12,18-23,25,31,38,40,44,46-48,74,76,83-84H,13-17H2,1-8H3,(H,61,75)(H,63,77)(H,69,78)(H,70,80)(H,71,79)/b41-24+. The molecule has 0 aliphatic carbocycles. The van der Waals surface area contributed by atoms with Gasteiger partial charge in [-0.2, -0.15) is 4.73 Å². The van der Waals surface area contributed by atoms with Crippen LogP contribution in [0.4, 0.5) is 0 Å². The number of cyclic esters (lactones) is 2. The summed E-state index contributed by atoms with van der Waals surface area (Å²) in [6.07, 6.45) is -7.43. The van der Waals surface area contributed by atoms with Gasteiger partial charge in [0.25, 0.3) is 17.7 Å². The number of carbonyl (C=O) groups excluding carboxylic acids is 7. The Morgan fingerprint density at radius 3 is 2.24 bits per heavy atom. The lowest BCUT2D eigenvalue weighted by molar-refractivity contribution is -0.280. The zero-order chi connectivity index (χ0) is 67.5. The Morgan fingerprint density at radius 1 is 0.842 bits per heavy atom. The first-order valence-electron chi connectivity index (χ1n) is 29.3. The van der Waals surface area contributed by atoms with Crippen LogP contribution in [0.3, 0.4) is 0 Å². The van der Waals surface area contributed by atoms with Gasteiger partial charge in [0.1, 0.15) is 114 Å². The third kappa shape index (κ3) is 13.2. The molecule has 95 heavy (non-hydrogen) atoms. The molecule has 4 aliphatic rings. The van der Waals surface area contributed by atoms with Crippen LogP contribution >= 0.6 is 56.7 Å². The molecular weight excluding hydrogens is 1340 g/mol. The van der Waals surface area contributed by atoms with Gasteiger partial charge in [0.2, 0.25) is 11.8 Å². The second-order valence-electron chi connectivity index (χ2n) is 23.0. The third-order valence-corrected chi connectivity index (χ3v) is 20.6. The second-order valence-corrected chi connectivity index (χ2v) is 27.4. The Bertz CT molecular complexity index is 4400. The normalized spacial score (nSPS) is 24.5. The number of methoxy groups -OCH3 is 1. The maximum absolute atomic E-state index is 15.2. The summed E-state index contributed by atoms with van der Waals surface area (Å²) in [7, 11) is 4.87. The Morgan fingerprint density at radius 2 is 1.52 bits per heavy atom. The Kier molecular flexibility index (Phi) is 18.7. The fourth-order valence-electron chi connectivity index (χ4n) is 11.7. The van der Waals surface area contributed by atoms with Crippen molar-refractivity contribution in [2.45, 2.75) is 121 Å². The van der Waals surface area contributed by atoms with Gasteiger partial charge in [0.15, 0.2) is 18.1 Å². The van der Waals surface area contributed by atoms with Crippen molar-refractivity contribution >= 4 is 115 Å². The number of hydrogen-bond donors (Lipinski definition) is 9. The summed E-state index contributed by atoms with van der Waals surface area (Å²) in [4.78, 5) is 131. The highest BCUT2D eigenvalue weighted by molar-refractivity contribution is 7.14. The number of esters is 2. The molecule has 1 aromatic carbocycles. The number of aliphatic hydroxyl groups is 2. The lowest BCUT2D eigenvalue weighted by Gasteiger charge is -2.48. The minimum absolute atomic E-state index is 0.00162. The number of amides is 5. The Labute approximate surface area is 559 Å². The summed E-state index contributed by atoms with van der Waals surface area (Å²) in [6, 6.07) is 0.910. The number of ether oxygens (including phenoxy) is 6. The van der Waals surface area contributed by atoms with Gasteiger partial charge < -0.3 is 80.4 Å². The lowest BCUT2D eigenvalue weighted by atomic mass is 9.85. The van der Waals surface area contributed by atoms with Crippen LogP contribution in [0.15, 0.2) is 56.9 Å². The second kappa shape index (κ2) is 26.8. The highest BCUT2D eigenvalue weighted by Crippen LogP contribution is 2.43. The molecule has 35 heteroatoms. The molecule has 498 valence electrons. The van der Waals surface area contributed by atoms with E-state index in [4.69, 9.17) is 43.4 Å². The number of nitrogens with one attached hydrogen (secondary N) is 5. The van der Waals surface area contributed by atoms with Crippen molar-refractivity contribution in [2.75, 3.05) is 27.8 Å². The molecule has 1 saturated heterocycles. The smallest absolute Gasteiger partial charge is 0.358 e. The molecule has 9 N–H and O–H groups in total. The van der Waals surface area contributed by atoms with Gasteiger partial charge in [-0.15, -0.1) is 56.7 Å². The van der Waals surface area contributed by atoms with E-state index in [0.29, 0.717) is 16.0 Å². The number of hydrogen-bond acceptors (Lipinski definition) is 29. The number of rotatable bonds is 8. The summed E-state index contributed by atoms with van der Waals surface area (Å²) < 4.78 is 38.3. The molecule has 12 rings (SSSR count). The third-order valence-electron chi connectivity index (χ3n) is 16.1. The molecular formula is C60H61N13O17S5. The maximum Gasteiger partial charge on any atom is 0.358 e. The zero-order valence-electron chi connectivity index (χ0n) is 51.6. The van der Waals surface area contributed by atoms with Crippen LogP contribution in [0.1, 0.15) is 127 Å². The van der Waals surface area contributed by atoms with Crippen LogP contribution in [0.5, 0.6) is 5.75 Å². The number of aromatic hydroxyl groups is 1. The van der Waals surface area contributed by atoms with Gasteiger partial charge in [-0.1, -0.05) is 12.1 Å². The highest BCUT2D eigenvalue weighted by atomic mass is 32.1. The maximum atomic E-state index is 15.2. The summed E-state index contributed by atoms with van der Waals surface area (Å²) in [5, 5.41) is 68.8. The van der Waals surface area contributed by atoms with Gasteiger partial charge in [-0.25, -0.2) is 39.5 Å². The summed E-state index contributed by atoms with van der Waals surface area (Å²) in [5.74, 6) is -6.38. The Balaban J connectivity index is 1.04. The van der Waals surface area contributed by atoms with Gasteiger partial charge in [0.05, 0.1) is 55.3 Å². The minimum Gasteiger partial charge on any atom is -0.506 e. The molecule has 7 aromatic heterocycles. The molecule has 30 nitrogen and oxygen atoms in total. The number of thiazole rings is 5. The molecule has 12 bridgehead atoms. The zero-order valence-corrected chi connectivity index (χ0v) is 55.7. The number of aromatic nitrogens is 7. The van der Waals surface area contributed by atoms with Crippen molar-refractivity contribution in [3.8, 4) is 38.4 Å². The van der Waals surface area contributed by atoms with Gasteiger partial charge in [0, 0.05) is 56.8 Å². The van der Waals surface area contributed by atoms with Crippen LogP contribution < -0.4 is 26.6 Å². The largest absolute Gasteiger partial charge is 0.506 e. The average molecular weight is 1400 g/mol. The molecule has 0 saturated carbocycles. The SMILES string of the molecule is CO/C(C)=C1/NC(=O)C(C(C)O)NC(=O)c2csc(n2)-c2cc(O)c(-c3nc(CNC(C)=O)cs3)nc2-c2csc(n2)C2COC(=O)c3c4c5c(cccc5n3O)COC(=O)C(OC3CC(C)(O)C(N(C)C)C(C)O3)C(OC4)C(NC(=O)c3csc1n3)c1nc(cs1)C(=O)N2. The topological polar surface area (TPSA) is 401 Å². The number of nitrogens with zero attached hydrogens (tertiary/aromatic N) is 8. The average Bonchev–Trinajstić information content (AvgIpc) is 1.65. The predicted octanol–water partition coefficient (Wildman–Crippen LogP) is 4.80. The van der Waals surface area contributed by atoms with Crippen LogP contribution in [-0.4, -0.2) is 178 Å². The van der Waals surface area contributed by atoms with Crippen molar-refractivity contribution in [1.29, 1.82) is 0 Å². The molecule has 10 unspecified atom stereocenters. The molecule has 8 aromatic rings. The van der Waals surface area contributed by atoms with E-state index < -0.39 is 122 Å². The van der Waals surface area contributed by atoms with Crippen molar-refractivity contribution < 1.29 is 82.5 Å². The number of carbonyl (C=O) groups is 7. The number of likely N-dealkylation sites (N-methyl/N-ethyl adjacent to an activating group) is 1. The fourth-order valence-corrected chi connectivity index (χ4v) is 15.9. The van der Waals surface area contributed by atoms with Crippen molar-refractivity contribution in [3.63, 3.8) is 0 Å². The first kappa shape index (κ1) is 66.3. The summed E-state index contributed by atoms with van der Waals surface area (Å²) in [5.41, 5.74) is -1.50. The van der Waals surface area contributed by atoms with Crippen LogP contribution in [0, 0.1) is 0 Å². The van der Waals surface area contributed by atoms with E-state index in [1.165, 1.54) is 56.2 Å². The number of pyridine rings is 1. The lowest BCUT2D eigenvalue weighted by Crippen LogP contribution is -2.62. The van der Waals surface area contributed by atoms with Crippen molar-refractivity contribution in [3.05, 3.63) is 112 Å². The molecule has 5 amide bonds. The van der Waals surface area contributed by atoms with E-state index in [1.54, 1.807) is 55.7 Å². The van der Waals surface area contributed by atoms with Crippen LogP contribution in [0.2, 0.25) is 0 Å². The van der Waals surface area contributed by atoms with Crippen LogP contribution in [0.25, 0.3) is 49.3 Å². The summed E-state index contributed by atoms with van der Waals surface area (Å²) >= 11 is 4.86. The van der Waals surface area contributed by atoms with E-state index in [1.807, 2.05) is 0 Å². The van der Waals surface area contributed by atoms with E-state index >= 15 is 9.59 Å². The highest BCUT2D eigenvalue weighted by Gasteiger charge is 2.50. The number of aliphatic hydroxyl groups excluding tert-OH is 1. The van der Waals surface area contributed by atoms with E-state index in [-0.39, 0.29) is 117 Å². The van der Waals surface area contributed by atoms with E-state index in [2.05, 4.69) is 41.5 Å². The minimum atomic E-state index is -1.90. The van der Waals surface area contributed by atoms with Crippen LogP contribution in [-0.2, 0) is 62.6 Å². The van der Waals surface area contributed by atoms with E-state index in [9.17, 15) is 44.5 Å². The monoisotopic (exact) mass is 1400 g/mol. The number of benzene rings is 1.